The second kappa shape index (κ2) is 39.9. The zero-order chi connectivity index (χ0) is 87.5. The number of hydrogen-bond acceptors (Lipinski definition) is 24. The van der Waals surface area contributed by atoms with Gasteiger partial charge in [0, 0.05) is 155 Å². The quantitative estimate of drug-likeness (QED) is 0.0630. The van der Waals surface area contributed by atoms with Crippen LogP contribution in [0.3, 0.4) is 0 Å². The normalized spacial score (nSPS) is 18.2. The molecule has 2 unspecified atom stereocenters. The third-order valence-corrected chi connectivity index (χ3v) is 26.2. The van der Waals surface area contributed by atoms with E-state index in [2.05, 4.69) is 116 Å². The number of aromatic nitrogens is 19. The van der Waals surface area contributed by atoms with E-state index in [1.165, 1.54) is 102 Å². The number of allylic oxidation sites excluding steroid dienone is 1. The van der Waals surface area contributed by atoms with Gasteiger partial charge in [-0.3, -0.25) is 0 Å². The van der Waals surface area contributed by atoms with Crippen LogP contribution in [0.4, 0.5) is 40.7 Å². The van der Waals surface area contributed by atoms with Crippen LogP contribution in [-0.4, -0.2) is 130 Å². The molecule has 652 valence electrons. The molecule has 2 saturated heterocycles. The number of nitrogens with two attached hydrogens (primary N) is 8. The molecule has 15 aromatic rings. The zero-order valence-electron chi connectivity index (χ0n) is 71.6. The Bertz CT molecular complexity index is 6310. The highest BCUT2D eigenvalue weighted by Crippen LogP contribution is 2.42. The molecule has 0 bridgehead atoms. The maximum atomic E-state index is 8.12. The Morgan fingerprint density at radius 1 is 0.448 bits per heavy atom. The van der Waals surface area contributed by atoms with Crippen LogP contribution in [0.1, 0.15) is 229 Å². The fourth-order valence-electron chi connectivity index (χ4n) is 17.9. The first-order valence-corrected chi connectivity index (χ1v) is 45.1. The number of nitrogens with zero attached hydrogens (tertiary/aromatic N) is 20. The molecule has 15 heterocycles. The van der Waals surface area contributed by atoms with Gasteiger partial charge in [-0.1, -0.05) is 130 Å². The van der Waals surface area contributed by atoms with Crippen LogP contribution < -0.4 is 50.8 Å². The number of anilines is 7. The van der Waals surface area contributed by atoms with Crippen molar-refractivity contribution in [3.05, 3.63) is 200 Å². The number of hydrogen-bond donors (Lipinski definition) is 8. The van der Waals surface area contributed by atoms with E-state index in [-0.39, 0.29) is 24.3 Å². The lowest BCUT2D eigenvalue weighted by atomic mass is 9.87. The first-order valence-electron chi connectivity index (χ1n) is 43.5. The summed E-state index contributed by atoms with van der Waals surface area (Å²) in [6.45, 7) is 10.6. The van der Waals surface area contributed by atoms with Crippen molar-refractivity contribution in [2.45, 2.75) is 211 Å². The molecule has 4 aliphatic carbocycles. The molecule has 33 heteroatoms. The van der Waals surface area contributed by atoms with E-state index >= 15 is 0 Å². The van der Waals surface area contributed by atoms with Crippen LogP contribution in [0.5, 0.6) is 0 Å². The van der Waals surface area contributed by atoms with Crippen LogP contribution in [0.25, 0.3) is 73.3 Å². The lowest BCUT2D eigenvalue weighted by molar-refractivity contribution is -0.191. The first-order chi connectivity index (χ1) is 60.6. The number of rotatable bonds is 10. The number of nitrogen functional groups attached to an aromatic ring is 6. The van der Waals surface area contributed by atoms with Gasteiger partial charge in [0.05, 0.1) is 57.5 Å². The minimum Gasteiger partial charge on any atom is -0.384 e. The molecule has 0 spiro atoms. The third-order valence-electron chi connectivity index (χ3n) is 24.6. The molecule has 13 aromatic heterocycles. The Hall–Kier alpha value is -12.0. The molecule has 0 amide bonds. The average Bonchev–Trinajstić information content (AvgIpc) is 1.64. The minimum atomic E-state index is -0.0102. The van der Waals surface area contributed by atoms with E-state index in [4.69, 9.17) is 85.1 Å². The van der Waals surface area contributed by atoms with Crippen LogP contribution >= 0.6 is 31.9 Å². The molecule has 2 aliphatic heterocycles. The lowest BCUT2D eigenvalue weighted by Crippen LogP contribution is -2.27. The lowest BCUT2D eigenvalue weighted by Gasteiger charge is -2.23. The van der Waals surface area contributed by atoms with Crippen molar-refractivity contribution in [3.63, 3.8) is 0 Å². The molecule has 0 radical (unpaired) electrons. The van der Waals surface area contributed by atoms with Gasteiger partial charge in [0.25, 0.3) is 0 Å². The molecule has 16 N–H and O–H groups in total. The second-order valence-corrected chi connectivity index (χ2v) is 35.2. The number of aryl methyl sites for hydroxylation is 4. The summed E-state index contributed by atoms with van der Waals surface area (Å²) in [6.07, 6.45) is 45.8. The van der Waals surface area contributed by atoms with E-state index < -0.39 is 0 Å². The van der Waals surface area contributed by atoms with E-state index in [9.17, 15) is 0 Å². The van der Waals surface area contributed by atoms with Crippen LogP contribution in [0.2, 0.25) is 0 Å². The van der Waals surface area contributed by atoms with Gasteiger partial charge in [-0.2, -0.15) is 67.3 Å². The number of carbonyl (C=O) groups excluding carboxylic acids is 2. The Morgan fingerprint density at radius 3 is 1.45 bits per heavy atom. The smallest absolute Gasteiger partial charge is 0.373 e. The molecule has 4 atom stereocenters. The summed E-state index contributed by atoms with van der Waals surface area (Å²) in [4.78, 5) is 47.3. The highest BCUT2D eigenvalue weighted by atomic mass is 79.9. The number of fused-ring (bicyclic) bond motifs is 6. The highest BCUT2D eigenvalue weighted by molar-refractivity contribution is 9.11. The zero-order valence-corrected chi connectivity index (χ0v) is 74.8. The summed E-state index contributed by atoms with van der Waals surface area (Å²) in [7, 11) is 1.99. The van der Waals surface area contributed by atoms with Gasteiger partial charge in [0.1, 0.15) is 46.8 Å². The summed E-state index contributed by atoms with van der Waals surface area (Å²) in [6, 6.07) is 29.1. The molecule has 4 saturated carbocycles. The molecular formula is C92H112Br2N28O3. The second-order valence-electron chi connectivity index (χ2n) is 33.6. The van der Waals surface area contributed by atoms with Gasteiger partial charge < -0.3 is 60.1 Å². The fourth-order valence-corrected chi connectivity index (χ4v) is 19.0. The van der Waals surface area contributed by atoms with Gasteiger partial charge in [-0.25, -0.2) is 29.9 Å². The number of halogens is 2. The fraction of sp³-hybridized carbons (Fsp3) is 0.402. The molecule has 21 rings (SSSR count). The largest absolute Gasteiger partial charge is 0.384 e. The third kappa shape index (κ3) is 19.7. The van der Waals surface area contributed by atoms with Crippen molar-refractivity contribution in [1.82, 2.24) is 92.2 Å². The van der Waals surface area contributed by atoms with Crippen LogP contribution in [-0.2, 0) is 21.4 Å². The van der Waals surface area contributed by atoms with Crippen LogP contribution in [0, 0.1) is 20.8 Å². The predicted octanol–water partition coefficient (Wildman–Crippen LogP) is 16.6. The van der Waals surface area contributed by atoms with Crippen molar-refractivity contribution in [3.8, 4) is 33.4 Å². The maximum Gasteiger partial charge on any atom is 0.373 e. The molecular weight excluding hydrogens is 1710 g/mol. The van der Waals surface area contributed by atoms with E-state index in [1.807, 2.05) is 130 Å². The predicted molar refractivity (Wildman–Crippen MR) is 498 cm³/mol. The van der Waals surface area contributed by atoms with Crippen LogP contribution in [0.15, 0.2) is 150 Å². The van der Waals surface area contributed by atoms with E-state index in [0.717, 1.165) is 192 Å². The van der Waals surface area contributed by atoms with Crippen molar-refractivity contribution < 1.29 is 14.3 Å². The summed E-state index contributed by atoms with van der Waals surface area (Å²) >= 11 is 7.13. The number of ether oxygens (including phenoxy) is 1. The summed E-state index contributed by atoms with van der Waals surface area (Å²) in [5.41, 5.74) is 69.9. The maximum absolute atomic E-state index is 8.12. The molecule has 31 nitrogen and oxygen atoms in total. The molecule has 6 aliphatic rings. The Morgan fingerprint density at radius 2 is 0.920 bits per heavy atom. The average molecular weight is 1820 g/mol. The van der Waals surface area contributed by atoms with Gasteiger partial charge in [0.15, 0.2) is 33.9 Å². The molecule has 125 heavy (non-hydrogen) atoms. The summed E-state index contributed by atoms with van der Waals surface area (Å²) in [5.74, 6) is 6.75. The van der Waals surface area contributed by atoms with Gasteiger partial charge in [-0.15, -0.1) is 0 Å². The van der Waals surface area contributed by atoms with Gasteiger partial charge >= 0.3 is 6.15 Å². The summed E-state index contributed by atoms with van der Waals surface area (Å²) < 4.78 is 19.8. The monoisotopic (exact) mass is 1810 g/mol. The standard InChI is InChI=1S/C19H22N4.C18H20N4.C16H18BrN5O.C15H20N4.C12H16BrN5.C11H16N6.CO2/c1-13-6-5-9-15(10-13)16-12-21-23-18(20)11-17(22-19(16)23)14-7-3-2-4-8-14;19-17-11-16(14-9-5-2-6-10-14)21-18-15(12-20-22(17)18)13-7-3-1-4-8-13;1-21-6-5-10(9-21)11-8-19-22-15(18)13(17)14(20-16(11)22)12-4-2-3-7-23-12;1-2-6-12-10-17-19-14(16)9-13(18-15(12)19)11-7-4-3-5-8-11;1-6-5-16-18-11(15)9(13)10(17-12(6)18)7-2-3-8(14)4-7;1-7-5-14-17-9(13)4-10(15-11(7)17)16-3-2-8(12)6-16;2-1-3/h5-6,9-12,14H,2-4,7-8,20H2,1H3;1,3-4,7-8,11-12,14H,2,5-6,9-10,19H2;5-6,8-9,12H,2-4,7,18H2,1H3;2,6,9-11H,3-5,7-8,16H2,1H3;5,7-8H,2-4,14-15H2,1H3;4-5,8H,2-3,6,12-13H2,1H3;/b;;;6-2-;;;/t;;;;7?,8-;8-;/m....11./s1. The van der Waals surface area contributed by atoms with Crippen molar-refractivity contribution >= 4 is 119 Å². The molecule has 2 aromatic carbocycles. The van der Waals surface area contributed by atoms with E-state index in [0.29, 0.717) is 58.6 Å². The van der Waals surface area contributed by atoms with Crippen molar-refractivity contribution in [1.29, 1.82) is 0 Å². The number of benzene rings is 2. The summed E-state index contributed by atoms with van der Waals surface area (Å²) in [5, 5.41) is 26.0. The van der Waals surface area contributed by atoms with Crippen molar-refractivity contribution in [2.75, 3.05) is 59.0 Å². The molecule has 6 fully saturated rings. The first kappa shape index (κ1) is 87.9. The van der Waals surface area contributed by atoms with Gasteiger partial charge in [0.2, 0.25) is 0 Å². The SMILES string of the molecule is C/C=C\c1cnn2c(N)cc(C3CCCCC3)nc12.Cc1cccc(-c2cnn3c(N)cc(C4CCCCC4)nc23)c1.Cc1cnn2c(N)c(Br)c(C3CC[C@@H](N)C3)nc12.Cc1cnn2c(N)cc(N3CC[C@@H](N)C3)nc12.Cn1ccc(-c2cnn3c(N)c(Br)c(C4CCCCO4)nc23)c1.Nc1cc(C2CCCCC2)nc2c(-c3ccccc3)cnn12.O=C=O. The van der Waals surface area contributed by atoms with Crippen molar-refractivity contribution in [2.24, 2.45) is 18.5 Å². The Kier molecular flexibility index (Phi) is 28.0. The topological polar surface area (TPSA) is 441 Å². The minimum absolute atomic E-state index is 0.0102. The van der Waals surface area contributed by atoms with E-state index in [1.54, 1.807) is 39.5 Å². The Labute approximate surface area is 742 Å². The van der Waals surface area contributed by atoms with Gasteiger partial charge in [-0.05, 0) is 160 Å². The Balaban J connectivity index is 0.000000116. The highest BCUT2D eigenvalue weighted by Gasteiger charge is 2.31.